The van der Waals surface area contributed by atoms with Crippen LogP contribution in [0.25, 0.3) is 0 Å². The summed E-state index contributed by atoms with van der Waals surface area (Å²) < 4.78 is 1.64. The van der Waals surface area contributed by atoms with Gasteiger partial charge in [0.05, 0.1) is 0 Å². The molecule has 0 aliphatic carbocycles. The smallest absolute Gasteiger partial charge is 0.274 e. The molecule has 1 aliphatic heterocycles. The van der Waals surface area contributed by atoms with Gasteiger partial charge in [-0.15, -0.1) is 0 Å². The predicted octanol–water partition coefficient (Wildman–Crippen LogP) is -0.0166. The lowest BCUT2D eigenvalue weighted by Gasteiger charge is -2.30. The van der Waals surface area contributed by atoms with Gasteiger partial charge in [-0.05, 0) is 18.9 Å². The topological polar surface area (TPSA) is 64.2 Å². The summed E-state index contributed by atoms with van der Waals surface area (Å²) in [5.74, 6) is -0.00856. The molecule has 0 radical (unpaired) electrons. The molecule has 1 saturated heterocycles. The number of carbonyl (C=O) groups is 1. The van der Waals surface area contributed by atoms with Crippen molar-refractivity contribution in [1.29, 1.82) is 0 Å². The van der Waals surface area contributed by atoms with Gasteiger partial charge in [0.1, 0.15) is 5.69 Å². The molecule has 82 valence electrons. The number of hydrogen-bond donors (Lipinski definition) is 1. The van der Waals surface area contributed by atoms with E-state index in [2.05, 4.69) is 5.10 Å². The number of rotatable bonds is 1. The van der Waals surface area contributed by atoms with Crippen molar-refractivity contribution in [1.82, 2.24) is 14.7 Å². The van der Waals surface area contributed by atoms with E-state index in [9.17, 15) is 4.79 Å². The first-order valence-electron chi connectivity index (χ1n) is 5.21. The number of piperidine rings is 1. The maximum atomic E-state index is 12.0. The lowest BCUT2D eigenvalue weighted by atomic mass is 10.1. The third-order valence-electron chi connectivity index (χ3n) is 2.68. The number of nitrogens with zero attached hydrogens (tertiary/aromatic N) is 3. The van der Waals surface area contributed by atoms with Crippen molar-refractivity contribution in [2.45, 2.75) is 18.9 Å². The van der Waals surface area contributed by atoms with Gasteiger partial charge < -0.3 is 10.6 Å². The van der Waals surface area contributed by atoms with E-state index in [0.29, 0.717) is 12.2 Å². The SMILES string of the molecule is Cn1ccc(C(=O)N2CCCC(N)C2)n1. The summed E-state index contributed by atoms with van der Waals surface area (Å²) >= 11 is 0. The first kappa shape index (κ1) is 10.2. The maximum Gasteiger partial charge on any atom is 0.274 e. The minimum Gasteiger partial charge on any atom is -0.336 e. The minimum absolute atomic E-state index is 0.00856. The fourth-order valence-electron chi connectivity index (χ4n) is 1.89. The predicted molar refractivity (Wildman–Crippen MR) is 56.3 cm³/mol. The Morgan fingerprint density at radius 2 is 2.47 bits per heavy atom. The normalized spacial score (nSPS) is 21.7. The number of likely N-dealkylation sites (tertiary alicyclic amines) is 1. The van der Waals surface area contributed by atoms with Crippen molar-refractivity contribution in [3.8, 4) is 0 Å². The zero-order valence-corrected chi connectivity index (χ0v) is 8.89. The fourth-order valence-corrected chi connectivity index (χ4v) is 1.89. The van der Waals surface area contributed by atoms with Gasteiger partial charge in [0.25, 0.3) is 5.91 Å². The van der Waals surface area contributed by atoms with E-state index in [0.717, 1.165) is 19.4 Å². The van der Waals surface area contributed by atoms with E-state index >= 15 is 0 Å². The molecule has 5 nitrogen and oxygen atoms in total. The van der Waals surface area contributed by atoms with Crippen LogP contribution in [0.2, 0.25) is 0 Å². The van der Waals surface area contributed by atoms with Crippen LogP contribution in [0, 0.1) is 0 Å². The van der Waals surface area contributed by atoms with Crippen molar-refractivity contribution in [3.63, 3.8) is 0 Å². The number of aryl methyl sites for hydroxylation is 1. The molecule has 2 heterocycles. The molecule has 15 heavy (non-hydrogen) atoms. The highest BCUT2D eigenvalue weighted by Gasteiger charge is 2.23. The molecule has 1 unspecified atom stereocenters. The highest BCUT2D eigenvalue weighted by molar-refractivity contribution is 5.92. The Balaban J connectivity index is 2.07. The number of aromatic nitrogens is 2. The largest absolute Gasteiger partial charge is 0.336 e. The molecule has 2 N–H and O–H groups in total. The molecule has 1 amide bonds. The van der Waals surface area contributed by atoms with Crippen molar-refractivity contribution >= 4 is 5.91 Å². The van der Waals surface area contributed by atoms with E-state index in [-0.39, 0.29) is 11.9 Å². The van der Waals surface area contributed by atoms with Gasteiger partial charge in [-0.25, -0.2) is 0 Å². The van der Waals surface area contributed by atoms with Crippen LogP contribution in [0.5, 0.6) is 0 Å². The zero-order valence-electron chi connectivity index (χ0n) is 8.89. The fraction of sp³-hybridized carbons (Fsp3) is 0.600. The third kappa shape index (κ3) is 2.18. The van der Waals surface area contributed by atoms with Gasteiger partial charge in [-0.1, -0.05) is 0 Å². The second-order valence-electron chi connectivity index (χ2n) is 4.03. The van der Waals surface area contributed by atoms with Crippen LogP contribution in [0.4, 0.5) is 0 Å². The maximum absolute atomic E-state index is 12.0. The Morgan fingerprint density at radius 1 is 1.67 bits per heavy atom. The molecular weight excluding hydrogens is 192 g/mol. The average molecular weight is 208 g/mol. The van der Waals surface area contributed by atoms with E-state index in [1.807, 2.05) is 0 Å². The van der Waals surface area contributed by atoms with Crippen molar-refractivity contribution in [2.75, 3.05) is 13.1 Å². The summed E-state index contributed by atoms with van der Waals surface area (Å²) in [5, 5.41) is 4.10. The Kier molecular flexibility index (Phi) is 2.73. The Bertz CT molecular complexity index is 360. The molecule has 1 aromatic rings. The van der Waals surface area contributed by atoms with Gasteiger partial charge in [-0.3, -0.25) is 9.48 Å². The zero-order chi connectivity index (χ0) is 10.8. The summed E-state index contributed by atoms with van der Waals surface area (Å²) in [6.45, 7) is 1.44. The first-order valence-corrected chi connectivity index (χ1v) is 5.21. The number of nitrogens with two attached hydrogens (primary N) is 1. The lowest BCUT2D eigenvalue weighted by Crippen LogP contribution is -2.45. The lowest BCUT2D eigenvalue weighted by molar-refractivity contribution is 0.0702. The molecule has 0 spiro atoms. The van der Waals surface area contributed by atoms with Crippen LogP contribution >= 0.6 is 0 Å². The van der Waals surface area contributed by atoms with Crippen LogP contribution in [0.15, 0.2) is 12.3 Å². The first-order chi connectivity index (χ1) is 7.16. The summed E-state index contributed by atoms with van der Waals surface area (Å²) in [5.41, 5.74) is 6.33. The van der Waals surface area contributed by atoms with E-state index in [1.54, 1.807) is 28.9 Å². The Hall–Kier alpha value is -1.36. The third-order valence-corrected chi connectivity index (χ3v) is 2.68. The molecule has 1 aromatic heterocycles. The standard InChI is InChI=1S/C10H16N4O/c1-13-6-4-9(12-13)10(15)14-5-2-3-8(11)7-14/h4,6,8H,2-3,5,7,11H2,1H3. The van der Waals surface area contributed by atoms with Gasteiger partial charge >= 0.3 is 0 Å². The van der Waals surface area contributed by atoms with E-state index in [1.165, 1.54) is 0 Å². The molecule has 5 heteroatoms. The molecule has 1 aliphatic rings. The molecular formula is C10H16N4O. The summed E-state index contributed by atoms with van der Waals surface area (Å²) in [7, 11) is 1.80. The summed E-state index contributed by atoms with van der Waals surface area (Å²) in [6.07, 6.45) is 3.77. The van der Waals surface area contributed by atoms with Crippen LogP contribution < -0.4 is 5.73 Å². The van der Waals surface area contributed by atoms with Gasteiger partial charge in [0, 0.05) is 32.4 Å². The van der Waals surface area contributed by atoms with Crippen molar-refractivity contribution in [3.05, 3.63) is 18.0 Å². The minimum atomic E-state index is -0.00856. The molecule has 1 atom stereocenters. The molecule has 0 saturated carbocycles. The van der Waals surface area contributed by atoms with Crippen LogP contribution in [0.3, 0.4) is 0 Å². The van der Waals surface area contributed by atoms with Crippen molar-refractivity contribution < 1.29 is 4.79 Å². The van der Waals surface area contributed by atoms with Gasteiger partial charge in [-0.2, -0.15) is 5.10 Å². The number of hydrogen-bond acceptors (Lipinski definition) is 3. The highest BCUT2D eigenvalue weighted by Crippen LogP contribution is 2.11. The van der Waals surface area contributed by atoms with Gasteiger partial charge in [0.15, 0.2) is 0 Å². The molecule has 2 rings (SSSR count). The molecule has 0 bridgehead atoms. The highest BCUT2D eigenvalue weighted by atomic mass is 16.2. The number of carbonyl (C=O) groups excluding carboxylic acids is 1. The Morgan fingerprint density at radius 3 is 3.07 bits per heavy atom. The second kappa shape index (κ2) is 4.02. The molecule has 1 fully saturated rings. The summed E-state index contributed by atoms with van der Waals surface area (Å²) in [4.78, 5) is 13.7. The number of amides is 1. The quantitative estimate of drug-likeness (QED) is 0.705. The van der Waals surface area contributed by atoms with Gasteiger partial charge in [0.2, 0.25) is 0 Å². The van der Waals surface area contributed by atoms with Crippen LogP contribution in [-0.2, 0) is 7.05 Å². The van der Waals surface area contributed by atoms with Crippen LogP contribution in [0.1, 0.15) is 23.3 Å². The van der Waals surface area contributed by atoms with Crippen molar-refractivity contribution in [2.24, 2.45) is 12.8 Å². The van der Waals surface area contributed by atoms with E-state index in [4.69, 9.17) is 5.73 Å². The van der Waals surface area contributed by atoms with Crippen LogP contribution in [-0.4, -0.2) is 39.7 Å². The molecule has 0 aromatic carbocycles. The van der Waals surface area contributed by atoms with E-state index < -0.39 is 0 Å². The summed E-state index contributed by atoms with van der Waals surface area (Å²) in [6, 6.07) is 1.86. The monoisotopic (exact) mass is 208 g/mol. The Labute approximate surface area is 88.8 Å². The average Bonchev–Trinajstić information content (AvgIpc) is 2.64. The second-order valence-corrected chi connectivity index (χ2v) is 4.03.